The molecule has 0 aromatic heterocycles. The molecule has 1 aliphatic rings. The Bertz CT molecular complexity index is 500. The lowest BCUT2D eigenvalue weighted by Gasteiger charge is -2.16. The standard InChI is InChI=1S/C14H16ClNO4/c1-9(20-14(18)12-6-3-7-19-12)13(17)16-11-5-2-4-10(15)8-11/h2,4-5,8-9,12H,3,6-7H2,1H3,(H,16,17)/t9-,12+/m0/s1. The molecule has 1 aromatic rings. The summed E-state index contributed by atoms with van der Waals surface area (Å²) < 4.78 is 10.3. The van der Waals surface area contributed by atoms with Crippen molar-refractivity contribution in [2.24, 2.45) is 0 Å². The quantitative estimate of drug-likeness (QED) is 0.867. The molecule has 1 fully saturated rings. The summed E-state index contributed by atoms with van der Waals surface area (Å²) in [6, 6.07) is 6.76. The minimum Gasteiger partial charge on any atom is -0.451 e. The molecule has 0 spiro atoms. The molecule has 1 heterocycles. The highest BCUT2D eigenvalue weighted by atomic mass is 35.5. The van der Waals surface area contributed by atoms with Gasteiger partial charge in [-0.1, -0.05) is 17.7 Å². The molecule has 108 valence electrons. The molecule has 1 amide bonds. The van der Waals surface area contributed by atoms with Gasteiger partial charge in [0, 0.05) is 17.3 Å². The number of anilines is 1. The van der Waals surface area contributed by atoms with Gasteiger partial charge in [0.15, 0.2) is 12.2 Å². The van der Waals surface area contributed by atoms with Crippen molar-refractivity contribution in [3.05, 3.63) is 29.3 Å². The molecule has 2 rings (SSSR count). The monoisotopic (exact) mass is 297 g/mol. The first kappa shape index (κ1) is 14.8. The Morgan fingerprint density at radius 2 is 2.30 bits per heavy atom. The molecule has 1 N–H and O–H groups in total. The van der Waals surface area contributed by atoms with E-state index in [1.165, 1.54) is 6.92 Å². The normalized spacial score (nSPS) is 19.4. The molecule has 0 aliphatic carbocycles. The van der Waals surface area contributed by atoms with Gasteiger partial charge in [-0.25, -0.2) is 4.79 Å². The number of carbonyl (C=O) groups excluding carboxylic acids is 2. The first-order valence-electron chi connectivity index (χ1n) is 6.45. The predicted molar refractivity (Wildman–Crippen MR) is 74.6 cm³/mol. The van der Waals surface area contributed by atoms with Crippen molar-refractivity contribution >= 4 is 29.2 Å². The van der Waals surface area contributed by atoms with Crippen LogP contribution in [0.15, 0.2) is 24.3 Å². The number of amides is 1. The Labute approximate surface area is 122 Å². The van der Waals surface area contributed by atoms with Crippen LogP contribution in [0, 0.1) is 0 Å². The lowest BCUT2D eigenvalue weighted by molar-refractivity contribution is -0.162. The van der Waals surface area contributed by atoms with Gasteiger partial charge in [-0.2, -0.15) is 0 Å². The van der Waals surface area contributed by atoms with Crippen LogP contribution in [0.25, 0.3) is 0 Å². The molecule has 1 aromatic carbocycles. The average molecular weight is 298 g/mol. The van der Waals surface area contributed by atoms with E-state index in [0.717, 1.165) is 6.42 Å². The Kier molecular flexibility index (Phi) is 4.98. The summed E-state index contributed by atoms with van der Waals surface area (Å²) in [5.41, 5.74) is 0.558. The highest BCUT2D eigenvalue weighted by Crippen LogP contribution is 2.16. The van der Waals surface area contributed by atoms with Gasteiger partial charge in [0.05, 0.1) is 0 Å². The summed E-state index contributed by atoms with van der Waals surface area (Å²) in [6.07, 6.45) is 0.0479. The van der Waals surface area contributed by atoms with Crippen LogP contribution in [0.3, 0.4) is 0 Å². The van der Waals surface area contributed by atoms with Crippen LogP contribution >= 0.6 is 11.6 Å². The topological polar surface area (TPSA) is 64.6 Å². The number of benzene rings is 1. The van der Waals surface area contributed by atoms with Gasteiger partial charge in [-0.3, -0.25) is 4.79 Å². The largest absolute Gasteiger partial charge is 0.451 e. The van der Waals surface area contributed by atoms with Gasteiger partial charge in [0.2, 0.25) is 0 Å². The molecular formula is C14H16ClNO4. The van der Waals surface area contributed by atoms with Crippen LogP contribution in [0.1, 0.15) is 19.8 Å². The number of ether oxygens (including phenoxy) is 2. The van der Waals surface area contributed by atoms with E-state index >= 15 is 0 Å². The van der Waals surface area contributed by atoms with E-state index in [1.807, 2.05) is 0 Å². The third kappa shape index (κ3) is 3.95. The van der Waals surface area contributed by atoms with Crippen molar-refractivity contribution in [1.82, 2.24) is 0 Å². The van der Waals surface area contributed by atoms with Crippen LogP contribution in [0.2, 0.25) is 5.02 Å². The SMILES string of the molecule is C[C@H](OC(=O)[C@H]1CCCO1)C(=O)Nc1cccc(Cl)c1. The van der Waals surface area contributed by atoms with Crippen molar-refractivity contribution in [3.8, 4) is 0 Å². The van der Waals surface area contributed by atoms with Crippen LogP contribution in [-0.2, 0) is 19.1 Å². The van der Waals surface area contributed by atoms with Crippen LogP contribution in [0.5, 0.6) is 0 Å². The maximum absolute atomic E-state index is 11.9. The second-order valence-corrected chi connectivity index (χ2v) is 5.02. The van der Waals surface area contributed by atoms with Crippen molar-refractivity contribution < 1.29 is 19.1 Å². The molecule has 0 unspecified atom stereocenters. The zero-order valence-corrected chi connectivity index (χ0v) is 11.9. The van der Waals surface area contributed by atoms with E-state index in [4.69, 9.17) is 21.1 Å². The fraction of sp³-hybridized carbons (Fsp3) is 0.429. The molecule has 0 saturated carbocycles. The van der Waals surface area contributed by atoms with E-state index in [0.29, 0.717) is 23.7 Å². The molecule has 1 aliphatic heterocycles. The van der Waals surface area contributed by atoms with Gasteiger partial charge in [0.1, 0.15) is 0 Å². The zero-order chi connectivity index (χ0) is 14.5. The average Bonchev–Trinajstić information content (AvgIpc) is 2.92. The summed E-state index contributed by atoms with van der Waals surface area (Å²) in [7, 11) is 0. The minimum atomic E-state index is -0.884. The first-order valence-corrected chi connectivity index (χ1v) is 6.82. The fourth-order valence-electron chi connectivity index (χ4n) is 1.88. The molecule has 2 atom stereocenters. The van der Waals surface area contributed by atoms with Crippen molar-refractivity contribution in [1.29, 1.82) is 0 Å². The number of esters is 1. The summed E-state index contributed by atoms with van der Waals surface area (Å²) in [5.74, 6) is -0.894. The highest BCUT2D eigenvalue weighted by molar-refractivity contribution is 6.30. The Morgan fingerprint density at radius 1 is 1.50 bits per heavy atom. The Hall–Kier alpha value is -1.59. The third-order valence-corrected chi connectivity index (χ3v) is 3.18. The number of hydrogen-bond donors (Lipinski definition) is 1. The van der Waals surface area contributed by atoms with Gasteiger partial charge < -0.3 is 14.8 Å². The van der Waals surface area contributed by atoms with Crippen molar-refractivity contribution in [2.75, 3.05) is 11.9 Å². The van der Waals surface area contributed by atoms with E-state index in [1.54, 1.807) is 24.3 Å². The number of carbonyl (C=O) groups is 2. The molecule has 6 heteroatoms. The Morgan fingerprint density at radius 3 is 2.95 bits per heavy atom. The number of hydrogen-bond acceptors (Lipinski definition) is 4. The lowest BCUT2D eigenvalue weighted by Crippen LogP contribution is -2.33. The maximum Gasteiger partial charge on any atom is 0.336 e. The van der Waals surface area contributed by atoms with E-state index in [2.05, 4.69) is 5.32 Å². The number of nitrogens with one attached hydrogen (secondary N) is 1. The molecule has 5 nitrogen and oxygen atoms in total. The van der Waals surface area contributed by atoms with Crippen molar-refractivity contribution in [2.45, 2.75) is 32.0 Å². The van der Waals surface area contributed by atoms with Crippen LogP contribution < -0.4 is 5.32 Å². The zero-order valence-electron chi connectivity index (χ0n) is 11.1. The molecule has 0 bridgehead atoms. The summed E-state index contributed by atoms with van der Waals surface area (Å²) >= 11 is 5.83. The minimum absolute atomic E-state index is 0.404. The van der Waals surface area contributed by atoms with Gasteiger partial charge in [-0.05, 0) is 38.0 Å². The summed E-state index contributed by atoms with van der Waals surface area (Å²) in [6.45, 7) is 2.08. The predicted octanol–water partition coefficient (Wildman–Crippen LogP) is 2.39. The molecule has 0 radical (unpaired) electrons. The third-order valence-electron chi connectivity index (χ3n) is 2.95. The molecule has 1 saturated heterocycles. The number of rotatable bonds is 4. The van der Waals surface area contributed by atoms with Gasteiger partial charge in [-0.15, -0.1) is 0 Å². The molecule has 20 heavy (non-hydrogen) atoms. The van der Waals surface area contributed by atoms with Crippen LogP contribution in [-0.4, -0.2) is 30.7 Å². The fourth-order valence-corrected chi connectivity index (χ4v) is 2.07. The first-order chi connectivity index (χ1) is 9.56. The smallest absolute Gasteiger partial charge is 0.336 e. The van der Waals surface area contributed by atoms with Crippen molar-refractivity contribution in [3.63, 3.8) is 0 Å². The van der Waals surface area contributed by atoms with E-state index in [9.17, 15) is 9.59 Å². The summed E-state index contributed by atoms with van der Waals surface area (Å²) in [5, 5.41) is 3.16. The maximum atomic E-state index is 11.9. The highest BCUT2D eigenvalue weighted by Gasteiger charge is 2.28. The second kappa shape index (κ2) is 6.72. The van der Waals surface area contributed by atoms with Crippen LogP contribution in [0.4, 0.5) is 5.69 Å². The van der Waals surface area contributed by atoms with Gasteiger partial charge >= 0.3 is 5.97 Å². The van der Waals surface area contributed by atoms with E-state index < -0.39 is 24.1 Å². The summed E-state index contributed by atoms with van der Waals surface area (Å²) in [4.78, 5) is 23.6. The number of halogens is 1. The lowest BCUT2D eigenvalue weighted by atomic mass is 10.2. The molecular weight excluding hydrogens is 282 g/mol. The Balaban J connectivity index is 1.86. The van der Waals surface area contributed by atoms with Gasteiger partial charge in [0.25, 0.3) is 5.91 Å². The van der Waals surface area contributed by atoms with E-state index in [-0.39, 0.29) is 0 Å². The second-order valence-electron chi connectivity index (χ2n) is 4.58.